The third kappa shape index (κ3) is 3.33. The molecular weight excluding hydrogens is 379 g/mol. The fourth-order valence-electron chi connectivity index (χ4n) is 3.53. The lowest BCUT2D eigenvalue weighted by atomic mass is 10.2. The van der Waals surface area contributed by atoms with Gasteiger partial charge in [-0.1, -0.05) is 12.1 Å². The first kappa shape index (κ1) is 18.8. The average molecular weight is 400 g/mol. The maximum absolute atomic E-state index is 13.7. The first-order valence-corrected chi connectivity index (χ1v) is 10.5. The normalized spacial score (nSPS) is 15.9. The summed E-state index contributed by atoms with van der Waals surface area (Å²) in [6, 6.07) is 9.87. The standard InChI is InChI=1S/C20H21FN4O2S/c1-14-3-4-15(2)19(11-14)28(26,27)25-9-7-24(8-10-25)20-17-12-16(21)5-6-18(17)22-13-23-20/h3-6,11-13H,7-10H2,1-2H3. The second-order valence-corrected chi connectivity index (χ2v) is 8.93. The van der Waals surface area contributed by atoms with E-state index in [1.54, 1.807) is 12.1 Å². The summed E-state index contributed by atoms with van der Waals surface area (Å²) in [5.74, 6) is 0.285. The van der Waals surface area contributed by atoms with Crippen molar-refractivity contribution < 1.29 is 12.8 Å². The molecule has 1 aromatic heterocycles. The number of hydrogen-bond acceptors (Lipinski definition) is 5. The van der Waals surface area contributed by atoms with Gasteiger partial charge in [0.05, 0.1) is 10.4 Å². The molecule has 3 aromatic rings. The Morgan fingerprint density at radius 1 is 0.964 bits per heavy atom. The van der Waals surface area contributed by atoms with Crippen molar-refractivity contribution in [3.63, 3.8) is 0 Å². The second kappa shape index (κ2) is 7.10. The number of benzene rings is 2. The molecular formula is C20H21FN4O2S. The van der Waals surface area contributed by atoms with Crippen LogP contribution in [-0.2, 0) is 10.0 Å². The largest absolute Gasteiger partial charge is 0.353 e. The lowest BCUT2D eigenvalue weighted by Gasteiger charge is -2.35. The molecule has 0 bridgehead atoms. The monoisotopic (exact) mass is 400 g/mol. The molecule has 0 spiro atoms. The molecule has 0 aliphatic carbocycles. The van der Waals surface area contributed by atoms with Gasteiger partial charge in [0.1, 0.15) is 18.0 Å². The molecule has 0 saturated carbocycles. The lowest BCUT2D eigenvalue weighted by Crippen LogP contribution is -2.49. The second-order valence-electron chi connectivity index (χ2n) is 7.02. The topological polar surface area (TPSA) is 66.4 Å². The van der Waals surface area contributed by atoms with Crippen molar-refractivity contribution >= 4 is 26.7 Å². The SMILES string of the molecule is Cc1ccc(C)c(S(=O)(=O)N2CCN(c3ncnc4ccc(F)cc34)CC2)c1. The zero-order valence-electron chi connectivity index (χ0n) is 15.8. The van der Waals surface area contributed by atoms with Crippen LogP contribution in [0.15, 0.2) is 47.6 Å². The van der Waals surface area contributed by atoms with Gasteiger partial charge in [0.25, 0.3) is 0 Å². The van der Waals surface area contributed by atoms with Crippen LogP contribution in [0.25, 0.3) is 10.9 Å². The summed E-state index contributed by atoms with van der Waals surface area (Å²) in [4.78, 5) is 10.8. The Bertz CT molecular complexity index is 1140. The highest BCUT2D eigenvalue weighted by atomic mass is 32.2. The van der Waals surface area contributed by atoms with Gasteiger partial charge in [-0.15, -0.1) is 0 Å². The van der Waals surface area contributed by atoms with Gasteiger partial charge in [-0.05, 0) is 49.2 Å². The van der Waals surface area contributed by atoms with Crippen LogP contribution in [0, 0.1) is 19.7 Å². The predicted molar refractivity (Wildman–Crippen MR) is 106 cm³/mol. The summed E-state index contributed by atoms with van der Waals surface area (Å²) in [5, 5.41) is 0.633. The molecule has 1 saturated heterocycles. The van der Waals surface area contributed by atoms with Crippen molar-refractivity contribution in [1.82, 2.24) is 14.3 Å². The zero-order valence-corrected chi connectivity index (χ0v) is 16.6. The molecule has 8 heteroatoms. The van der Waals surface area contributed by atoms with E-state index >= 15 is 0 Å². The molecule has 0 radical (unpaired) electrons. The van der Waals surface area contributed by atoms with E-state index in [1.165, 1.54) is 22.8 Å². The minimum atomic E-state index is -3.56. The summed E-state index contributed by atoms with van der Waals surface area (Å²) >= 11 is 0. The van der Waals surface area contributed by atoms with Crippen LogP contribution in [0.2, 0.25) is 0 Å². The van der Waals surface area contributed by atoms with E-state index in [4.69, 9.17) is 0 Å². The number of piperazine rings is 1. The number of anilines is 1. The predicted octanol–water partition coefficient (Wildman–Crippen LogP) is 2.90. The van der Waals surface area contributed by atoms with Gasteiger partial charge in [-0.25, -0.2) is 22.8 Å². The minimum Gasteiger partial charge on any atom is -0.353 e. The lowest BCUT2D eigenvalue weighted by molar-refractivity contribution is 0.384. The molecule has 28 heavy (non-hydrogen) atoms. The summed E-state index contributed by atoms with van der Waals surface area (Å²) in [5.41, 5.74) is 2.32. The van der Waals surface area contributed by atoms with E-state index < -0.39 is 10.0 Å². The van der Waals surface area contributed by atoms with E-state index in [1.807, 2.05) is 30.9 Å². The van der Waals surface area contributed by atoms with Gasteiger partial charge in [0.2, 0.25) is 10.0 Å². The van der Waals surface area contributed by atoms with Crippen LogP contribution in [0.4, 0.5) is 10.2 Å². The quantitative estimate of drug-likeness (QED) is 0.676. The number of halogens is 1. The van der Waals surface area contributed by atoms with E-state index in [9.17, 15) is 12.8 Å². The fraction of sp³-hybridized carbons (Fsp3) is 0.300. The van der Waals surface area contributed by atoms with Crippen LogP contribution in [0.3, 0.4) is 0 Å². The van der Waals surface area contributed by atoms with E-state index in [2.05, 4.69) is 9.97 Å². The van der Waals surface area contributed by atoms with Gasteiger partial charge >= 0.3 is 0 Å². The molecule has 1 aliphatic rings. The highest BCUT2D eigenvalue weighted by Crippen LogP contribution is 2.27. The Morgan fingerprint density at radius 2 is 1.71 bits per heavy atom. The molecule has 1 fully saturated rings. The van der Waals surface area contributed by atoms with Crippen LogP contribution < -0.4 is 4.90 Å². The van der Waals surface area contributed by atoms with Crippen molar-refractivity contribution in [2.24, 2.45) is 0 Å². The van der Waals surface area contributed by atoms with Crippen LogP contribution in [0.5, 0.6) is 0 Å². The molecule has 4 rings (SSSR count). The highest BCUT2D eigenvalue weighted by molar-refractivity contribution is 7.89. The molecule has 146 valence electrons. The van der Waals surface area contributed by atoms with E-state index in [0.717, 1.165) is 11.1 Å². The van der Waals surface area contributed by atoms with Gasteiger partial charge in [-0.2, -0.15) is 4.31 Å². The first-order chi connectivity index (χ1) is 13.4. The number of aryl methyl sites for hydroxylation is 2. The maximum Gasteiger partial charge on any atom is 0.243 e. The first-order valence-electron chi connectivity index (χ1n) is 9.09. The average Bonchev–Trinajstić information content (AvgIpc) is 2.69. The number of nitrogens with zero attached hydrogens (tertiary/aromatic N) is 4. The van der Waals surface area contributed by atoms with Gasteiger partial charge in [-0.3, -0.25) is 0 Å². The van der Waals surface area contributed by atoms with Crippen molar-refractivity contribution in [1.29, 1.82) is 0 Å². The van der Waals surface area contributed by atoms with Crippen molar-refractivity contribution in [2.45, 2.75) is 18.7 Å². The van der Waals surface area contributed by atoms with Gasteiger partial charge in [0.15, 0.2) is 0 Å². The van der Waals surface area contributed by atoms with E-state index in [0.29, 0.717) is 47.8 Å². The number of hydrogen-bond donors (Lipinski definition) is 0. The van der Waals surface area contributed by atoms with Gasteiger partial charge < -0.3 is 4.90 Å². The van der Waals surface area contributed by atoms with Crippen LogP contribution in [0.1, 0.15) is 11.1 Å². The third-order valence-corrected chi connectivity index (χ3v) is 7.12. The Hall–Kier alpha value is -2.58. The molecule has 1 aliphatic heterocycles. The Balaban J connectivity index is 1.59. The summed E-state index contributed by atoms with van der Waals surface area (Å²) in [6.45, 7) is 5.34. The molecule has 0 atom stereocenters. The highest BCUT2D eigenvalue weighted by Gasteiger charge is 2.30. The third-order valence-electron chi connectivity index (χ3n) is 5.08. The van der Waals surface area contributed by atoms with Crippen LogP contribution in [-0.4, -0.2) is 48.9 Å². The number of fused-ring (bicyclic) bond motifs is 1. The van der Waals surface area contributed by atoms with E-state index in [-0.39, 0.29) is 5.82 Å². The van der Waals surface area contributed by atoms with Crippen molar-refractivity contribution in [2.75, 3.05) is 31.1 Å². The molecule has 2 aromatic carbocycles. The van der Waals surface area contributed by atoms with Crippen LogP contribution >= 0.6 is 0 Å². The maximum atomic E-state index is 13.7. The smallest absolute Gasteiger partial charge is 0.243 e. The summed E-state index contributed by atoms with van der Waals surface area (Å²) in [7, 11) is -3.56. The van der Waals surface area contributed by atoms with Crippen molar-refractivity contribution in [3.8, 4) is 0 Å². The summed E-state index contributed by atoms with van der Waals surface area (Å²) < 4.78 is 41.4. The number of sulfonamides is 1. The summed E-state index contributed by atoms with van der Waals surface area (Å²) in [6.07, 6.45) is 1.45. The molecule has 6 nitrogen and oxygen atoms in total. The molecule has 2 heterocycles. The number of rotatable bonds is 3. The minimum absolute atomic E-state index is 0.344. The molecule has 0 N–H and O–H groups in total. The Labute approximate surface area is 163 Å². The fourth-order valence-corrected chi connectivity index (χ4v) is 5.26. The molecule has 0 amide bonds. The van der Waals surface area contributed by atoms with Crippen molar-refractivity contribution in [3.05, 3.63) is 59.7 Å². The zero-order chi connectivity index (χ0) is 19.9. The number of aromatic nitrogens is 2. The Kier molecular flexibility index (Phi) is 4.76. The van der Waals surface area contributed by atoms with Gasteiger partial charge in [0, 0.05) is 31.6 Å². The Morgan fingerprint density at radius 3 is 2.46 bits per heavy atom. The molecule has 0 unspecified atom stereocenters.